The van der Waals surface area contributed by atoms with Gasteiger partial charge >= 0.3 is 0 Å². The van der Waals surface area contributed by atoms with Crippen molar-refractivity contribution >= 4 is 5.91 Å². The molecule has 1 N–H and O–H groups in total. The van der Waals surface area contributed by atoms with Gasteiger partial charge in [0, 0.05) is 24.7 Å². The molecule has 0 fully saturated rings. The number of ether oxygens (including phenoxy) is 1. The van der Waals surface area contributed by atoms with Gasteiger partial charge < -0.3 is 10.1 Å². The van der Waals surface area contributed by atoms with Crippen molar-refractivity contribution < 1.29 is 18.3 Å². The quantitative estimate of drug-likeness (QED) is 0.871. The molecule has 0 radical (unpaired) electrons. The normalized spacial score (nSPS) is 11.6. The van der Waals surface area contributed by atoms with Crippen LogP contribution in [-0.4, -0.2) is 18.1 Å². The van der Waals surface area contributed by atoms with E-state index in [0.29, 0.717) is 12.5 Å². The summed E-state index contributed by atoms with van der Waals surface area (Å²) < 4.78 is 31.5. The van der Waals surface area contributed by atoms with Crippen LogP contribution in [0.3, 0.4) is 0 Å². The van der Waals surface area contributed by atoms with Crippen LogP contribution in [0.2, 0.25) is 0 Å². The second-order valence-corrected chi connectivity index (χ2v) is 5.66. The second kappa shape index (κ2) is 6.68. The van der Waals surface area contributed by atoms with Gasteiger partial charge in [0.15, 0.2) is 5.60 Å². The monoisotopic (exact) mass is 285 g/mol. The zero-order chi connectivity index (χ0) is 15.3. The maximum Gasteiger partial charge on any atom is 0.263 e. The van der Waals surface area contributed by atoms with Crippen molar-refractivity contribution in [2.24, 2.45) is 5.92 Å². The van der Waals surface area contributed by atoms with Crippen molar-refractivity contribution in [3.05, 3.63) is 29.8 Å². The molecular weight excluding hydrogens is 264 g/mol. The van der Waals surface area contributed by atoms with Gasteiger partial charge in [-0.2, -0.15) is 0 Å². The standard InChI is InChI=1S/C15H21F2NO2/c1-10(2)5-6-18-14(19)15(3,4)20-13-8-11(16)7-12(17)9-13/h7-10H,5-6H2,1-4H3,(H,18,19). The Hall–Kier alpha value is -1.65. The Morgan fingerprint density at radius 1 is 1.25 bits per heavy atom. The van der Waals surface area contributed by atoms with Gasteiger partial charge in [0.1, 0.15) is 17.4 Å². The first-order chi connectivity index (χ1) is 9.20. The summed E-state index contributed by atoms with van der Waals surface area (Å²) >= 11 is 0. The molecule has 112 valence electrons. The van der Waals surface area contributed by atoms with E-state index in [1.807, 2.05) is 0 Å². The van der Waals surface area contributed by atoms with Crippen LogP contribution in [0.15, 0.2) is 18.2 Å². The maximum absolute atomic E-state index is 13.1. The van der Waals surface area contributed by atoms with Gasteiger partial charge in [-0.1, -0.05) is 13.8 Å². The first kappa shape index (κ1) is 16.4. The molecule has 0 aliphatic carbocycles. The molecule has 0 aliphatic heterocycles. The first-order valence-electron chi connectivity index (χ1n) is 6.64. The lowest BCUT2D eigenvalue weighted by Gasteiger charge is -2.25. The molecular formula is C15H21F2NO2. The minimum atomic E-state index is -1.20. The van der Waals surface area contributed by atoms with Crippen molar-refractivity contribution in [3.63, 3.8) is 0 Å². The Morgan fingerprint density at radius 3 is 2.30 bits per heavy atom. The SMILES string of the molecule is CC(C)CCNC(=O)C(C)(C)Oc1cc(F)cc(F)c1. The number of halogens is 2. The molecule has 1 rings (SSSR count). The molecule has 3 nitrogen and oxygen atoms in total. The lowest BCUT2D eigenvalue weighted by molar-refractivity contribution is -0.134. The highest BCUT2D eigenvalue weighted by atomic mass is 19.1. The average molecular weight is 285 g/mol. The van der Waals surface area contributed by atoms with Gasteiger partial charge in [0.25, 0.3) is 5.91 Å². The number of benzene rings is 1. The van der Waals surface area contributed by atoms with E-state index in [1.54, 1.807) is 13.8 Å². The van der Waals surface area contributed by atoms with Crippen LogP contribution in [0.1, 0.15) is 34.1 Å². The highest BCUT2D eigenvalue weighted by Gasteiger charge is 2.29. The molecule has 5 heteroatoms. The van der Waals surface area contributed by atoms with Gasteiger partial charge in [0.05, 0.1) is 0 Å². The number of hydrogen-bond acceptors (Lipinski definition) is 2. The number of nitrogens with one attached hydrogen (secondary N) is 1. The molecule has 1 aromatic rings. The number of amides is 1. The van der Waals surface area contributed by atoms with Crippen molar-refractivity contribution in [3.8, 4) is 5.75 Å². The van der Waals surface area contributed by atoms with Crippen molar-refractivity contribution in [1.29, 1.82) is 0 Å². The summed E-state index contributed by atoms with van der Waals surface area (Å²) in [5.41, 5.74) is -1.20. The zero-order valence-electron chi connectivity index (χ0n) is 12.3. The minimum absolute atomic E-state index is 0.00786. The van der Waals surface area contributed by atoms with E-state index in [1.165, 1.54) is 0 Å². The highest BCUT2D eigenvalue weighted by Crippen LogP contribution is 2.21. The van der Waals surface area contributed by atoms with Crippen LogP contribution in [0.25, 0.3) is 0 Å². The molecule has 0 heterocycles. The summed E-state index contributed by atoms with van der Waals surface area (Å²) in [6, 6.07) is 2.85. The molecule has 0 spiro atoms. The predicted octanol–water partition coefficient (Wildman–Crippen LogP) is 3.28. The van der Waals surface area contributed by atoms with E-state index in [-0.39, 0.29) is 11.7 Å². The Labute approximate surface area is 118 Å². The molecule has 0 atom stereocenters. The molecule has 20 heavy (non-hydrogen) atoms. The smallest absolute Gasteiger partial charge is 0.263 e. The van der Waals surface area contributed by atoms with Crippen LogP contribution in [0.5, 0.6) is 5.75 Å². The Kier molecular flexibility index (Phi) is 5.48. The topological polar surface area (TPSA) is 38.3 Å². The van der Waals surface area contributed by atoms with E-state index in [4.69, 9.17) is 4.74 Å². The largest absolute Gasteiger partial charge is 0.478 e. The Bertz CT molecular complexity index is 453. The summed E-state index contributed by atoms with van der Waals surface area (Å²) in [5, 5.41) is 2.75. The van der Waals surface area contributed by atoms with E-state index in [2.05, 4.69) is 19.2 Å². The number of rotatable bonds is 6. The van der Waals surface area contributed by atoms with Crippen LogP contribution in [0.4, 0.5) is 8.78 Å². The zero-order valence-corrected chi connectivity index (χ0v) is 12.3. The summed E-state index contributed by atoms with van der Waals surface area (Å²) in [5.74, 6) is -1.32. The van der Waals surface area contributed by atoms with Crippen LogP contribution in [-0.2, 0) is 4.79 Å². The van der Waals surface area contributed by atoms with Gasteiger partial charge in [0.2, 0.25) is 0 Å². The fourth-order valence-electron chi connectivity index (χ4n) is 1.62. The minimum Gasteiger partial charge on any atom is -0.478 e. The summed E-state index contributed by atoms with van der Waals surface area (Å²) in [4.78, 5) is 12.0. The Balaban J connectivity index is 2.65. The Morgan fingerprint density at radius 2 is 1.80 bits per heavy atom. The fourth-order valence-corrected chi connectivity index (χ4v) is 1.62. The van der Waals surface area contributed by atoms with Crippen LogP contribution >= 0.6 is 0 Å². The van der Waals surface area contributed by atoms with Crippen molar-refractivity contribution in [1.82, 2.24) is 5.32 Å². The number of carbonyl (C=O) groups is 1. The van der Waals surface area contributed by atoms with Gasteiger partial charge in [-0.3, -0.25) is 4.79 Å². The molecule has 0 saturated heterocycles. The third-order valence-corrected chi connectivity index (χ3v) is 2.76. The average Bonchev–Trinajstić information content (AvgIpc) is 2.25. The maximum atomic E-state index is 13.1. The van der Waals surface area contributed by atoms with Crippen molar-refractivity contribution in [2.45, 2.75) is 39.7 Å². The molecule has 0 unspecified atom stereocenters. The molecule has 1 aromatic carbocycles. The van der Waals surface area contributed by atoms with E-state index in [9.17, 15) is 13.6 Å². The van der Waals surface area contributed by atoms with E-state index >= 15 is 0 Å². The van der Waals surface area contributed by atoms with Crippen LogP contribution in [0, 0.1) is 17.6 Å². The molecule has 0 aromatic heterocycles. The van der Waals surface area contributed by atoms with E-state index in [0.717, 1.165) is 24.6 Å². The lowest BCUT2D eigenvalue weighted by Crippen LogP contribution is -2.47. The highest BCUT2D eigenvalue weighted by molar-refractivity contribution is 5.84. The molecule has 0 saturated carbocycles. The third kappa shape index (κ3) is 5.15. The number of hydrogen-bond donors (Lipinski definition) is 1. The van der Waals surface area contributed by atoms with Gasteiger partial charge in [-0.15, -0.1) is 0 Å². The molecule has 0 aliphatic rings. The van der Waals surface area contributed by atoms with E-state index < -0.39 is 17.2 Å². The summed E-state index contributed by atoms with van der Waals surface area (Å²) in [6.45, 7) is 7.77. The lowest BCUT2D eigenvalue weighted by atomic mass is 10.1. The van der Waals surface area contributed by atoms with Crippen molar-refractivity contribution in [2.75, 3.05) is 6.54 Å². The first-order valence-corrected chi connectivity index (χ1v) is 6.64. The number of carbonyl (C=O) groups excluding carboxylic acids is 1. The second-order valence-electron chi connectivity index (χ2n) is 5.66. The fraction of sp³-hybridized carbons (Fsp3) is 0.533. The van der Waals surface area contributed by atoms with Gasteiger partial charge in [-0.25, -0.2) is 8.78 Å². The third-order valence-electron chi connectivity index (χ3n) is 2.76. The van der Waals surface area contributed by atoms with Crippen LogP contribution < -0.4 is 10.1 Å². The predicted molar refractivity (Wildman–Crippen MR) is 73.5 cm³/mol. The summed E-state index contributed by atoms with van der Waals surface area (Å²) in [7, 11) is 0. The van der Waals surface area contributed by atoms with Gasteiger partial charge in [-0.05, 0) is 26.2 Å². The molecule has 1 amide bonds. The molecule has 0 bridgehead atoms. The summed E-state index contributed by atoms with van der Waals surface area (Å²) in [6.07, 6.45) is 0.858.